The molecule has 31 heavy (non-hydrogen) atoms. The highest BCUT2D eigenvalue weighted by Gasteiger charge is 2.31. The molecule has 1 aliphatic rings. The van der Waals surface area contributed by atoms with Crippen molar-refractivity contribution in [2.24, 2.45) is 5.92 Å². The van der Waals surface area contributed by atoms with Gasteiger partial charge in [0.05, 0.1) is 16.7 Å². The van der Waals surface area contributed by atoms with E-state index in [1.54, 1.807) is 18.2 Å². The van der Waals surface area contributed by atoms with Crippen molar-refractivity contribution in [2.45, 2.75) is 65.6 Å². The lowest BCUT2D eigenvalue weighted by Gasteiger charge is -2.19. The highest BCUT2D eigenvalue weighted by molar-refractivity contribution is 7.17. The number of benzene rings is 1. The molecule has 0 unspecified atom stereocenters. The number of thiophene rings is 1. The Labute approximate surface area is 197 Å². The number of rotatable bonds is 7. The fourth-order valence-electron chi connectivity index (χ4n) is 3.56. The molecular formula is C23H27Cl2NO4S. The summed E-state index contributed by atoms with van der Waals surface area (Å²) in [6, 6.07) is 4.86. The van der Waals surface area contributed by atoms with Gasteiger partial charge in [-0.2, -0.15) is 0 Å². The molecule has 0 bridgehead atoms. The van der Waals surface area contributed by atoms with Crippen LogP contribution in [0, 0.1) is 5.92 Å². The van der Waals surface area contributed by atoms with E-state index in [2.05, 4.69) is 12.2 Å². The summed E-state index contributed by atoms with van der Waals surface area (Å²) in [4.78, 5) is 27.1. The zero-order valence-electron chi connectivity index (χ0n) is 18.1. The summed E-state index contributed by atoms with van der Waals surface area (Å²) in [5.74, 6) is 0.142. The van der Waals surface area contributed by atoms with E-state index in [1.807, 2.05) is 20.8 Å². The Morgan fingerprint density at radius 2 is 2.03 bits per heavy atom. The van der Waals surface area contributed by atoms with E-state index in [4.69, 9.17) is 32.7 Å². The third kappa shape index (κ3) is 5.73. The minimum absolute atomic E-state index is 0.245. The average Bonchev–Trinajstić information content (AvgIpc) is 3.04. The highest BCUT2D eigenvalue weighted by Crippen LogP contribution is 2.40. The van der Waals surface area contributed by atoms with Gasteiger partial charge in [-0.15, -0.1) is 11.3 Å². The summed E-state index contributed by atoms with van der Waals surface area (Å²) in [6.07, 6.45) is 2.09. The van der Waals surface area contributed by atoms with Crippen molar-refractivity contribution in [3.05, 3.63) is 44.2 Å². The maximum atomic E-state index is 13.1. The molecule has 1 amide bonds. The number of carbonyl (C=O) groups excluding carboxylic acids is 2. The summed E-state index contributed by atoms with van der Waals surface area (Å²) >= 11 is 13.7. The highest BCUT2D eigenvalue weighted by atomic mass is 35.5. The molecule has 5 nitrogen and oxygen atoms in total. The second-order valence-corrected chi connectivity index (χ2v) is 10.0. The van der Waals surface area contributed by atoms with Gasteiger partial charge in [-0.3, -0.25) is 4.79 Å². The summed E-state index contributed by atoms with van der Waals surface area (Å²) < 4.78 is 11.3. The monoisotopic (exact) mass is 483 g/mol. The van der Waals surface area contributed by atoms with Crippen molar-refractivity contribution in [3.63, 3.8) is 0 Å². The van der Waals surface area contributed by atoms with E-state index in [0.717, 1.165) is 29.7 Å². The van der Waals surface area contributed by atoms with Gasteiger partial charge in [0.25, 0.3) is 5.91 Å². The van der Waals surface area contributed by atoms with Gasteiger partial charge in [-0.05, 0) is 63.1 Å². The first-order chi connectivity index (χ1) is 14.7. The number of halogens is 2. The number of carbonyl (C=O) groups is 2. The van der Waals surface area contributed by atoms with Gasteiger partial charge in [-0.25, -0.2) is 4.79 Å². The van der Waals surface area contributed by atoms with Gasteiger partial charge in [-0.1, -0.05) is 37.0 Å². The molecule has 0 aliphatic heterocycles. The Kier molecular flexibility index (Phi) is 7.89. The van der Waals surface area contributed by atoms with Crippen molar-refractivity contribution in [1.29, 1.82) is 0 Å². The molecule has 0 spiro atoms. The number of ether oxygens (including phenoxy) is 2. The Balaban J connectivity index is 1.86. The van der Waals surface area contributed by atoms with E-state index in [0.29, 0.717) is 38.7 Å². The minimum Gasteiger partial charge on any atom is -0.479 e. The quantitative estimate of drug-likeness (QED) is 0.453. The second kappa shape index (κ2) is 10.2. The minimum atomic E-state index is -0.789. The zero-order valence-corrected chi connectivity index (χ0v) is 20.4. The van der Waals surface area contributed by atoms with Crippen molar-refractivity contribution < 1.29 is 19.1 Å². The molecule has 3 rings (SSSR count). The van der Waals surface area contributed by atoms with Crippen molar-refractivity contribution >= 4 is 51.4 Å². The Morgan fingerprint density at radius 1 is 1.29 bits per heavy atom. The second-order valence-electron chi connectivity index (χ2n) is 8.09. The van der Waals surface area contributed by atoms with Crippen LogP contribution in [0.2, 0.25) is 10.0 Å². The van der Waals surface area contributed by atoms with Crippen LogP contribution in [0.15, 0.2) is 18.2 Å². The van der Waals surface area contributed by atoms with E-state index >= 15 is 0 Å². The largest absolute Gasteiger partial charge is 0.479 e. The predicted octanol–water partition coefficient (Wildman–Crippen LogP) is 6.54. The Hall–Kier alpha value is -1.76. The summed E-state index contributed by atoms with van der Waals surface area (Å²) in [7, 11) is 0. The van der Waals surface area contributed by atoms with Crippen LogP contribution in [0.25, 0.3) is 0 Å². The molecule has 2 atom stereocenters. The molecule has 1 N–H and O–H groups in total. The number of hydrogen-bond acceptors (Lipinski definition) is 5. The number of anilines is 1. The number of nitrogens with one attached hydrogen (secondary N) is 1. The third-order valence-electron chi connectivity index (χ3n) is 5.12. The van der Waals surface area contributed by atoms with Crippen molar-refractivity contribution in [3.8, 4) is 5.75 Å². The van der Waals surface area contributed by atoms with Crippen LogP contribution in [0.3, 0.4) is 0 Å². The first kappa shape index (κ1) is 23.9. The van der Waals surface area contributed by atoms with Crippen molar-refractivity contribution in [2.75, 3.05) is 5.32 Å². The molecule has 8 heteroatoms. The van der Waals surface area contributed by atoms with Crippen LogP contribution >= 0.6 is 34.5 Å². The summed E-state index contributed by atoms with van der Waals surface area (Å²) in [5, 5.41) is 4.28. The van der Waals surface area contributed by atoms with Crippen LogP contribution in [-0.2, 0) is 22.4 Å². The normalized spacial score (nSPS) is 16.5. The smallest absolute Gasteiger partial charge is 0.341 e. The topological polar surface area (TPSA) is 64.6 Å². The SMILES string of the molecule is CC[C@H](Oc1cc(Cl)ccc1Cl)C(=O)Nc1sc2c(c1C(=O)OC(C)C)CC[C@@H](C)C2. The lowest BCUT2D eigenvalue weighted by atomic mass is 9.88. The lowest BCUT2D eigenvalue weighted by Crippen LogP contribution is -2.32. The van der Waals surface area contributed by atoms with Gasteiger partial charge >= 0.3 is 5.97 Å². The van der Waals surface area contributed by atoms with E-state index in [1.165, 1.54) is 11.3 Å². The van der Waals surface area contributed by atoms with Crippen LogP contribution in [0.1, 0.15) is 61.3 Å². The number of hydrogen-bond donors (Lipinski definition) is 1. The zero-order chi connectivity index (χ0) is 22.7. The summed E-state index contributed by atoms with van der Waals surface area (Å²) in [6.45, 7) is 7.67. The van der Waals surface area contributed by atoms with Crippen LogP contribution in [0.4, 0.5) is 5.00 Å². The first-order valence-corrected chi connectivity index (χ1v) is 12.0. The Morgan fingerprint density at radius 3 is 2.71 bits per heavy atom. The fraction of sp³-hybridized carbons (Fsp3) is 0.478. The molecule has 1 aliphatic carbocycles. The van der Waals surface area contributed by atoms with Crippen molar-refractivity contribution in [1.82, 2.24) is 0 Å². The van der Waals surface area contributed by atoms with Crippen LogP contribution < -0.4 is 10.1 Å². The predicted molar refractivity (Wildman–Crippen MR) is 126 cm³/mol. The molecule has 2 aromatic rings. The number of fused-ring (bicyclic) bond motifs is 1. The molecule has 1 heterocycles. The molecule has 168 valence electrons. The molecule has 0 radical (unpaired) electrons. The Bertz CT molecular complexity index is 973. The third-order valence-corrected chi connectivity index (χ3v) is 6.84. The molecule has 0 fully saturated rings. The summed E-state index contributed by atoms with van der Waals surface area (Å²) in [5.41, 5.74) is 1.47. The number of esters is 1. The maximum absolute atomic E-state index is 13.1. The van der Waals surface area contributed by atoms with Gasteiger partial charge in [0.1, 0.15) is 10.8 Å². The molecule has 0 saturated heterocycles. The van der Waals surface area contributed by atoms with Gasteiger partial charge in [0, 0.05) is 16.0 Å². The average molecular weight is 484 g/mol. The van der Waals surface area contributed by atoms with Gasteiger partial charge < -0.3 is 14.8 Å². The van der Waals surface area contributed by atoms with Crippen LogP contribution in [0.5, 0.6) is 5.75 Å². The molecule has 0 saturated carbocycles. The molecular weight excluding hydrogens is 457 g/mol. The first-order valence-electron chi connectivity index (χ1n) is 10.5. The standard InChI is InChI=1S/C23H27Cl2NO4S/c1-5-17(30-18-11-14(24)7-9-16(18)25)21(27)26-22-20(23(28)29-12(2)3)15-8-6-13(4)10-19(15)31-22/h7,9,11-13,17H,5-6,8,10H2,1-4H3,(H,26,27)/t13-,17+/m1/s1. The lowest BCUT2D eigenvalue weighted by molar-refractivity contribution is -0.122. The van der Waals surface area contributed by atoms with Gasteiger partial charge in [0.15, 0.2) is 6.10 Å². The molecule has 1 aromatic carbocycles. The maximum Gasteiger partial charge on any atom is 0.341 e. The molecule has 1 aromatic heterocycles. The number of amides is 1. The van der Waals surface area contributed by atoms with E-state index < -0.39 is 12.1 Å². The van der Waals surface area contributed by atoms with Gasteiger partial charge in [0.2, 0.25) is 0 Å². The fourth-order valence-corrected chi connectivity index (χ4v) is 5.29. The van der Waals surface area contributed by atoms with Crippen LogP contribution in [-0.4, -0.2) is 24.1 Å². The van der Waals surface area contributed by atoms with E-state index in [9.17, 15) is 9.59 Å². The van der Waals surface area contributed by atoms with E-state index in [-0.39, 0.29) is 12.0 Å².